The molecule has 0 saturated heterocycles. The van der Waals surface area contributed by atoms with E-state index in [1.54, 1.807) is 31.2 Å². The first-order valence-electron chi connectivity index (χ1n) is 5.92. The number of para-hydroxylation sites is 1. The quantitative estimate of drug-likeness (QED) is 0.726. The maximum atomic E-state index is 12.1. The molecule has 3 amide bonds. The number of rotatable bonds is 5. The van der Waals surface area contributed by atoms with Gasteiger partial charge in [-0.3, -0.25) is 14.4 Å². The fourth-order valence-corrected chi connectivity index (χ4v) is 1.59. The Labute approximate surface area is 111 Å². The van der Waals surface area contributed by atoms with Crippen LogP contribution in [0.15, 0.2) is 24.3 Å². The van der Waals surface area contributed by atoms with Gasteiger partial charge in [0.25, 0.3) is 5.91 Å². The number of hydrogen-bond donors (Lipinski definition) is 3. The summed E-state index contributed by atoms with van der Waals surface area (Å²) in [5.41, 5.74) is 5.85. The molecular weight excluding hydrogens is 246 g/mol. The van der Waals surface area contributed by atoms with Gasteiger partial charge in [-0.2, -0.15) is 0 Å². The Hall–Kier alpha value is -2.37. The largest absolute Gasteiger partial charge is 0.368 e. The normalized spacial score (nSPS) is 11.5. The Morgan fingerprint density at radius 1 is 1.26 bits per heavy atom. The second kappa shape index (κ2) is 6.53. The van der Waals surface area contributed by atoms with Crippen LogP contribution in [0.1, 0.15) is 30.6 Å². The van der Waals surface area contributed by atoms with Gasteiger partial charge in [0.05, 0.1) is 11.3 Å². The fourth-order valence-electron chi connectivity index (χ4n) is 1.59. The van der Waals surface area contributed by atoms with Crippen molar-refractivity contribution < 1.29 is 14.4 Å². The van der Waals surface area contributed by atoms with E-state index in [0.717, 1.165) is 0 Å². The number of carbonyl (C=O) groups is 3. The van der Waals surface area contributed by atoms with E-state index in [9.17, 15) is 14.4 Å². The van der Waals surface area contributed by atoms with Crippen molar-refractivity contribution in [3.05, 3.63) is 29.8 Å². The number of anilines is 1. The minimum atomic E-state index is -0.724. The summed E-state index contributed by atoms with van der Waals surface area (Å²) in [6, 6.07) is 5.83. The van der Waals surface area contributed by atoms with E-state index >= 15 is 0 Å². The van der Waals surface area contributed by atoms with Gasteiger partial charge in [-0.15, -0.1) is 0 Å². The number of hydrogen-bond acceptors (Lipinski definition) is 3. The van der Waals surface area contributed by atoms with Crippen LogP contribution in [0.2, 0.25) is 0 Å². The Morgan fingerprint density at radius 2 is 1.89 bits per heavy atom. The Kier molecular flexibility index (Phi) is 5.05. The van der Waals surface area contributed by atoms with Crippen molar-refractivity contribution in [1.29, 1.82) is 0 Å². The molecule has 1 aromatic rings. The third kappa shape index (κ3) is 4.09. The fraction of sp³-hybridized carbons (Fsp3) is 0.308. The monoisotopic (exact) mass is 263 g/mol. The zero-order valence-corrected chi connectivity index (χ0v) is 10.9. The third-order valence-corrected chi connectivity index (χ3v) is 2.54. The SMILES string of the molecule is CC[C@H](NC(=O)c1ccccc1NC(C)=O)C(N)=O. The molecule has 0 aliphatic rings. The standard InChI is InChI=1S/C13H17N3O3/c1-3-10(12(14)18)16-13(19)9-6-4-5-7-11(9)15-8(2)17/h4-7,10H,3H2,1-2H3,(H2,14,18)(H,15,17)(H,16,19)/t10-/m0/s1. The van der Waals surface area contributed by atoms with Crippen molar-refractivity contribution in [2.24, 2.45) is 5.73 Å². The lowest BCUT2D eigenvalue weighted by atomic mass is 10.1. The zero-order valence-electron chi connectivity index (χ0n) is 10.9. The summed E-state index contributed by atoms with van der Waals surface area (Å²) >= 11 is 0. The van der Waals surface area contributed by atoms with Crippen molar-refractivity contribution in [2.75, 3.05) is 5.32 Å². The van der Waals surface area contributed by atoms with Crippen LogP contribution >= 0.6 is 0 Å². The molecule has 1 aromatic carbocycles. The van der Waals surface area contributed by atoms with E-state index in [2.05, 4.69) is 10.6 Å². The van der Waals surface area contributed by atoms with Crippen LogP contribution in [0.4, 0.5) is 5.69 Å². The first-order valence-corrected chi connectivity index (χ1v) is 5.92. The second-order valence-electron chi connectivity index (χ2n) is 4.06. The molecule has 0 aliphatic heterocycles. The maximum absolute atomic E-state index is 12.1. The highest BCUT2D eigenvalue weighted by Gasteiger charge is 2.18. The highest BCUT2D eigenvalue weighted by Crippen LogP contribution is 2.15. The summed E-state index contributed by atoms with van der Waals surface area (Å²) < 4.78 is 0. The molecule has 102 valence electrons. The molecule has 0 heterocycles. The molecule has 0 spiro atoms. The van der Waals surface area contributed by atoms with E-state index in [1.165, 1.54) is 6.92 Å². The van der Waals surface area contributed by atoms with Crippen LogP contribution in [0.25, 0.3) is 0 Å². The average molecular weight is 263 g/mol. The van der Waals surface area contributed by atoms with E-state index in [4.69, 9.17) is 5.73 Å². The van der Waals surface area contributed by atoms with E-state index in [-0.39, 0.29) is 11.5 Å². The Bertz CT molecular complexity index is 500. The highest BCUT2D eigenvalue weighted by atomic mass is 16.2. The van der Waals surface area contributed by atoms with Gasteiger partial charge in [-0.05, 0) is 18.6 Å². The van der Waals surface area contributed by atoms with Crippen LogP contribution in [0.5, 0.6) is 0 Å². The van der Waals surface area contributed by atoms with E-state index in [0.29, 0.717) is 12.1 Å². The Balaban J connectivity index is 2.93. The predicted octanol–water partition coefficient (Wildman–Crippen LogP) is 0.639. The highest BCUT2D eigenvalue weighted by molar-refractivity contribution is 6.04. The van der Waals surface area contributed by atoms with Crippen molar-refractivity contribution >= 4 is 23.4 Å². The minimum Gasteiger partial charge on any atom is -0.368 e. The molecular formula is C13H17N3O3. The molecule has 0 aliphatic carbocycles. The third-order valence-electron chi connectivity index (χ3n) is 2.54. The van der Waals surface area contributed by atoms with E-state index in [1.807, 2.05) is 0 Å². The molecule has 4 N–H and O–H groups in total. The van der Waals surface area contributed by atoms with Crippen LogP contribution in [0, 0.1) is 0 Å². The van der Waals surface area contributed by atoms with Crippen LogP contribution in [0.3, 0.4) is 0 Å². The second-order valence-corrected chi connectivity index (χ2v) is 4.06. The lowest BCUT2D eigenvalue weighted by Crippen LogP contribution is -2.44. The van der Waals surface area contributed by atoms with Crippen molar-refractivity contribution in [1.82, 2.24) is 5.32 Å². The predicted molar refractivity (Wildman–Crippen MR) is 71.5 cm³/mol. The van der Waals surface area contributed by atoms with Gasteiger partial charge in [0.15, 0.2) is 0 Å². The number of benzene rings is 1. The topological polar surface area (TPSA) is 101 Å². The number of primary amides is 1. The summed E-state index contributed by atoms with van der Waals surface area (Å²) in [6.45, 7) is 3.10. The van der Waals surface area contributed by atoms with Gasteiger partial charge in [0, 0.05) is 6.92 Å². The maximum Gasteiger partial charge on any atom is 0.254 e. The molecule has 0 radical (unpaired) electrons. The van der Waals surface area contributed by atoms with Crippen LogP contribution in [-0.4, -0.2) is 23.8 Å². The molecule has 1 atom stereocenters. The molecule has 0 aromatic heterocycles. The molecule has 6 heteroatoms. The van der Waals surface area contributed by atoms with Gasteiger partial charge in [0.1, 0.15) is 6.04 Å². The molecule has 1 rings (SSSR count). The zero-order chi connectivity index (χ0) is 14.4. The molecule has 19 heavy (non-hydrogen) atoms. The number of nitrogens with one attached hydrogen (secondary N) is 2. The Morgan fingerprint density at radius 3 is 2.42 bits per heavy atom. The van der Waals surface area contributed by atoms with Crippen molar-refractivity contribution in [3.8, 4) is 0 Å². The first kappa shape index (κ1) is 14.7. The lowest BCUT2D eigenvalue weighted by molar-refractivity contribution is -0.120. The first-order chi connectivity index (χ1) is 8.95. The van der Waals surface area contributed by atoms with Gasteiger partial charge < -0.3 is 16.4 Å². The summed E-state index contributed by atoms with van der Waals surface area (Å²) in [5.74, 6) is -1.31. The van der Waals surface area contributed by atoms with Gasteiger partial charge in [0.2, 0.25) is 11.8 Å². The number of nitrogens with two attached hydrogens (primary N) is 1. The van der Waals surface area contributed by atoms with E-state index < -0.39 is 17.9 Å². The summed E-state index contributed by atoms with van der Waals surface area (Å²) in [7, 11) is 0. The number of amides is 3. The molecule has 6 nitrogen and oxygen atoms in total. The van der Waals surface area contributed by atoms with Gasteiger partial charge in [-0.25, -0.2) is 0 Å². The summed E-state index contributed by atoms with van der Waals surface area (Å²) in [5, 5.41) is 5.09. The molecule has 0 bridgehead atoms. The summed E-state index contributed by atoms with van der Waals surface area (Å²) in [6.07, 6.45) is 0.406. The van der Waals surface area contributed by atoms with Crippen molar-refractivity contribution in [3.63, 3.8) is 0 Å². The van der Waals surface area contributed by atoms with Gasteiger partial charge in [-0.1, -0.05) is 19.1 Å². The van der Waals surface area contributed by atoms with Gasteiger partial charge >= 0.3 is 0 Å². The lowest BCUT2D eigenvalue weighted by Gasteiger charge is -2.15. The molecule has 0 unspecified atom stereocenters. The number of carbonyl (C=O) groups excluding carboxylic acids is 3. The molecule has 0 fully saturated rings. The van der Waals surface area contributed by atoms with Crippen LogP contribution < -0.4 is 16.4 Å². The molecule has 0 saturated carbocycles. The minimum absolute atomic E-state index is 0.276. The van der Waals surface area contributed by atoms with Crippen LogP contribution in [-0.2, 0) is 9.59 Å². The summed E-state index contributed by atoms with van der Waals surface area (Å²) in [4.78, 5) is 34.2. The average Bonchev–Trinajstić information content (AvgIpc) is 2.35. The van der Waals surface area contributed by atoms with Crippen molar-refractivity contribution in [2.45, 2.75) is 26.3 Å². The smallest absolute Gasteiger partial charge is 0.254 e.